The Hall–Kier alpha value is -1.49. The number of hydrogen-bond donors (Lipinski definition) is 2. The number of thioether (sulfide) groups is 1. The highest BCUT2D eigenvalue weighted by molar-refractivity contribution is 8.01. The van der Waals surface area contributed by atoms with Crippen molar-refractivity contribution in [1.29, 1.82) is 0 Å². The molecule has 0 spiro atoms. The second-order valence-corrected chi connectivity index (χ2v) is 8.62. The van der Waals surface area contributed by atoms with Crippen molar-refractivity contribution < 1.29 is 13.2 Å². The number of carbonyl (C=O) groups is 1. The van der Waals surface area contributed by atoms with Gasteiger partial charge in [-0.3, -0.25) is 10.1 Å². The van der Waals surface area contributed by atoms with E-state index in [0.29, 0.717) is 5.13 Å². The number of rotatable bonds is 7. The highest BCUT2D eigenvalue weighted by atomic mass is 32.2. The number of benzene rings is 1. The van der Waals surface area contributed by atoms with Crippen molar-refractivity contribution in [3.63, 3.8) is 0 Å². The van der Waals surface area contributed by atoms with E-state index in [2.05, 4.69) is 27.2 Å². The Labute approximate surface area is 143 Å². The van der Waals surface area contributed by atoms with Crippen molar-refractivity contribution in [3.05, 3.63) is 29.8 Å². The number of aromatic nitrogens is 2. The van der Waals surface area contributed by atoms with Crippen molar-refractivity contribution in [2.75, 3.05) is 18.1 Å². The summed E-state index contributed by atoms with van der Waals surface area (Å²) >= 11 is 2.87. The first-order valence-electron chi connectivity index (χ1n) is 6.77. The molecule has 2 aromatic rings. The molecule has 1 aromatic heterocycles. The summed E-state index contributed by atoms with van der Waals surface area (Å²) in [7, 11) is -2.27. The van der Waals surface area contributed by atoms with Crippen LogP contribution in [0.3, 0.4) is 0 Å². The lowest BCUT2D eigenvalue weighted by molar-refractivity contribution is 0.102. The van der Waals surface area contributed by atoms with Crippen LogP contribution < -0.4 is 10.0 Å². The molecule has 2 rings (SSSR count). The van der Waals surface area contributed by atoms with E-state index in [1.54, 1.807) is 11.8 Å². The minimum absolute atomic E-state index is 0.0316. The molecule has 1 aromatic carbocycles. The molecule has 0 saturated carbocycles. The van der Waals surface area contributed by atoms with Gasteiger partial charge in [0, 0.05) is 11.3 Å². The van der Waals surface area contributed by atoms with Crippen molar-refractivity contribution in [2.24, 2.45) is 0 Å². The van der Waals surface area contributed by atoms with Gasteiger partial charge in [0.1, 0.15) is 0 Å². The van der Waals surface area contributed by atoms with E-state index in [0.717, 1.165) is 16.5 Å². The van der Waals surface area contributed by atoms with E-state index >= 15 is 0 Å². The van der Waals surface area contributed by atoms with Crippen molar-refractivity contribution in [1.82, 2.24) is 14.9 Å². The molecule has 0 aliphatic rings. The van der Waals surface area contributed by atoms with Gasteiger partial charge >= 0.3 is 0 Å². The molecule has 7 nitrogen and oxygen atoms in total. The van der Waals surface area contributed by atoms with E-state index in [1.807, 2.05) is 0 Å². The summed E-state index contributed by atoms with van der Waals surface area (Å²) in [6.07, 6.45) is 1.03. The maximum Gasteiger partial charge on any atom is 0.257 e. The fourth-order valence-corrected chi connectivity index (χ4v) is 4.05. The standard InChI is InChI=1S/C13H16N4O3S3/c1-3-7-21-13-17-16-12(22-13)15-11(18)9-5-4-6-10(8-9)23(19,20)14-2/h4-6,8,14H,3,7H2,1-2H3,(H,15,16,18). The van der Waals surface area contributed by atoms with E-state index in [-0.39, 0.29) is 10.5 Å². The first-order chi connectivity index (χ1) is 11.0. The van der Waals surface area contributed by atoms with E-state index in [4.69, 9.17) is 0 Å². The average Bonchev–Trinajstić information content (AvgIpc) is 3.00. The number of sulfonamides is 1. The molecule has 0 bridgehead atoms. The Balaban J connectivity index is 2.12. The van der Waals surface area contributed by atoms with Gasteiger partial charge < -0.3 is 0 Å². The summed E-state index contributed by atoms with van der Waals surface area (Å²) in [6, 6.07) is 5.79. The SMILES string of the molecule is CCCSc1nnc(NC(=O)c2cccc(S(=O)(=O)NC)c2)s1. The summed E-state index contributed by atoms with van der Waals surface area (Å²) in [5.41, 5.74) is 0.235. The van der Waals surface area contributed by atoms with E-state index in [9.17, 15) is 13.2 Å². The molecule has 124 valence electrons. The Kier molecular flexibility index (Phi) is 6.10. The predicted molar refractivity (Wildman–Crippen MR) is 91.6 cm³/mol. The lowest BCUT2D eigenvalue weighted by atomic mass is 10.2. The zero-order chi connectivity index (χ0) is 16.9. The van der Waals surface area contributed by atoms with Crippen LogP contribution in [0.15, 0.2) is 33.5 Å². The lowest BCUT2D eigenvalue weighted by Gasteiger charge is -2.05. The molecule has 0 radical (unpaired) electrons. The van der Waals surface area contributed by atoms with Crippen LogP contribution in [-0.4, -0.2) is 37.3 Å². The van der Waals surface area contributed by atoms with Crippen LogP contribution in [0.4, 0.5) is 5.13 Å². The van der Waals surface area contributed by atoms with Gasteiger partial charge in [-0.2, -0.15) is 0 Å². The number of nitrogens with zero attached hydrogens (tertiary/aromatic N) is 2. The number of hydrogen-bond acceptors (Lipinski definition) is 7. The Morgan fingerprint density at radius 3 is 2.83 bits per heavy atom. The zero-order valence-electron chi connectivity index (χ0n) is 12.6. The van der Waals surface area contributed by atoms with Crippen LogP contribution in [0, 0.1) is 0 Å². The van der Waals surface area contributed by atoms with Crippen LogP contribution in [-0.2, 0) is 10.0 Å². The number of carbonyl (C=O) groups excluding carboxylic acids is 1. The van der Waals surface area contributed by atoms with Gasteiger partial charge in [-0.1, -0.05) is 36.1 Å². The number of anilines is 1. The molecule has 10 heteroatoms. The van der Waals surface area contributed by atoms with E-state index < -0.39 is 15.9 Å². The lowest BCUT2D eigenvalue weighted by Crippen LogP contribution is -2.19. The monoisotopic (exact) mass is 372 g/mol. The first-order valence-corrected chi connectivity index (χ1v) is 10.1. The van der Waals surface area contributed by atoms with Gasteiger partial charge in [0.2, 0.25) is 15.2 Å². The van der Waals surface area contributed by atoms with Crippen LogP contribution in [0.2, 0.25) is 0 Å². The minimum atomic E-state index is -3.59. The second kappa shape index (κ2) is 7.86. The second-order valence-electron chi connectivity index (χ2n) is 4.41. The Morgan fingerprint density at radius 2 is 2.13 bits per heavy atom. The Morgan fingerprint density at radius 1 is 1.35 bits per heavy atom. The van der Waals surface area contributed by atoms with Crippen molar-refractivity contribution in [3.8, 4) is 0 Å². The molecule has 0 saturated heterocycles. The van der Waals surface area contributed by atoms with Gasteiger partial charge in [0.25, 0.3) is 5.91 Å². The van der Waals surface area contributed by atoms with Crippen LogP contribution in [0.25, 0.3) is 0 Å². The van der Waals surface area contributed by atoms with Gasteiger partial charge in [-0.15, -0.1) is 10.2 Å². The third kappa shape index (κ3) is 4.74. The molecule has 0 atom stereocenters. The van der Waals surface area contributed by atoms with Crippen LogP contribution in [0.1, 0.15) is 23.7 Å². The van der Waals surface area contributed by atoms with Gasteiger partial charge in [-0.25, -0.2) is 13.1 Å². The highest BCUT2D eigenvalue weighted by Gasteiger charge is 2.15. The predicted octanol–water partition coefficient (Wildman–Crippen LogP) is 2.20. The molecule has 1 heterocycles. The molecule has 0 aliphatic heterocycles. The largest absolute Gasteiger partial charge is 0.296 e. The molecule has 0 aliphatic carbocycles. The summed E-state index contributed by atoms with van der Waals surface area (Å²) < 4.78 is 26.5. The maximum absolute atomic E-state index is 12.2. The first kappa shape index (κ1) is 17.9. The molecule has 0 fully saturated rings. The summed E-state index contributed by atoms with van der Waals surface area (Å²) in [4.78, 5) is 12.2. The molecule has 0 unspecified atom stereocenters. The normalized spacial score (nSPS) is 11.4. The summed E-state index contributed by atoms with van der Waals surface area (Å²) in [5, 5.41) is 10.9. The third-order valence-corrected chi connectivity index (χ3v) is 6.32. The fourth-order valence-electron chi connectivity index (χ4n) is 1.60. The quantitative estimate of drug-likeness (QED) is 0.571. The topological polar surface area (TPSA) is 101 Å². The average molecular weight is 372 g/mol. The van der Waals surface area contributed by atoms with Gasteiger partial charge in [-0.05, 0) is 31.7 Å². The van der Waals surface area contributed by atoms with Crippen molar-refractivity contribution in [2.45, 2.75) is 22.6 Å². The Bertz CT molecular complexity index is 789. The molecular formula is C13H16N4O3S3. The molecule has 23 heavy (non-hydrogen) atoms. The van der Waals surface area contributed by atoms with Gasteiger partial charge in [0.05, 0.1) is 4.90 Å². The third-order valence-electron chi connectivity index (χ3n) is 2.73. The van der Waals surface area contributed by atoms with Crippen LogP contribution in [0.5, 0.6) is 0 Å². The van der Waals surface area contributed by atoms with Crippen LogP contribution >= 0.6 is 23.1 Å². The zero-order valence-corrected chi connectivity index (χ0v) is 15.0. The molecular weight excluding hydrogens is 356 g/mol. The highest BCUT2D eigenvalue weighted by Crippen LogP contribution is 2.26. The maximum atomic E-state index is 12.2. The van der Waals surface area contributed by atoms with E-state index in [1.165, 1.54) is 42.6 Å². The number of amides is 1. The summed E-state index contributed by atoms with van der Waals surface area (Å²) in [5.74, 6) is 0.508. The fraction of sp³-hybridized carbons (Fsp3) is 0.308. The van der Waals surface area contributed by atoms with Crippen molar-refractivity contribution >= 4 is 44.2 Å². The molecule has 1 amide bonds. The van der Waals surface area contributed by atoms with Gasteiger partial charge in [0.15, 0.2) is 4.34 Å². The smallest absolute Gasteiger partial charge is 0.257 e. The molecule has 2 N–H and O–H groups in total. The summed E-state index contributed by atoms with van der Waals surface area (Å²) in [6.45, 7) is 2.07. The number of nitrogens with one attached hydrogen (secondary N) is 2. The minimum Gasteiger partial charge on any atom is -0.296 e.